The Hall–Kier alpha value is -1.14. The molecule has 76 valence electrons. The summed E-state index contributed by atoms with van der Waals surface area (Å²) in [5.41, 5.74) is 3.57. The first-order valence-corrected chi connectivity index (χ1v) is 6.51. The number of aromatic nitrogens is 1. The van der Waals surface area contributed by atoms with Crippen LogP contribution in [0.15, 0.2) is 36.4 Å². The summed E-state index contributed by atoms with van der Waals surface area (Å²) < 4.78 is 13.9. The molecule has 0 N–H and O–H groups in total. The molecular weight excluding hydrogens is 249 g/mol. The Morgan fingerprint density at radius 1 is 0.933 bits per heavy atom. The van der Waals surface area contributed by atoms with Crippen LogP contribution in [0.3, 0.4) is 0 Å². The second-order valence-corrected chi connectivity index (χ2v) is 5.03. The Bertz CT molecular complexity index is 465. The van der Waals surface area contributed by atoms with E-state index in [0.717, 1.165) is 10.0 Å². The van der Waals surface area contributed by atoms with Crippen LogP contribution in [-0.4, -0.2) is 20.3 Å². The average molecular weight is 261 g/mol. The van der Waals surface area contributed by atoms with Gasteiger partial charge in [0.15, 0.2) is 0 Å². The molecule has 1 aromatic carbocycles. The van der Waals surface area contributed by atoms with Crippen molar-refractivity contribution in [2.24, 2.45) is 0 Å². The minimum absolute atomic E-state index is 0.906. The van der Waals surface area contributed by atoms with E-state index in [-0.39, 0.29) is 0 Å². The predicted octanol–water partition coefficient (Wildman–Crippen LogP) is 1.77. The molecule has 0 fully saturated rings. The summed E-state index contributed by atoms with van der Waals surface area (Å²) in [6.07, 6.45) is 0. The predicted molar refractivity (Wildman–Crippen MR) is 61.3 cm³/mol. The molecule has 0 saturated heterocycles. The summed E-state index contributed by atoms with van der Waals surface area (Å²) in [6, 6.07) is 12.1. The van der Waals surface area contributed by atoms with Crippen LogP contribution < -0.4 is 4.35 Å². The number of hydrogen-bond donors (Lipinski definition) is 0. The van der Waals surface area contributed by atoms with Gasteiger partial charge in [-0.25, -0.2) is 0 Å². The second kappa shape index (κ2) is 4.16. The number of rotatable bonds is 2. The SMILES string of the molecule is Cc1ccc(C)n1-c1ccc([As]=O)cc1. The van der Waals surface area contributed by atoms with Crippen LogP contribution >= 0.6 is 0 Å². The molecule has 0 atom stereocenters. The van der Waals surface area contributed by atoms with Gasteiger partial charge in [0.2, 0.25) is 0 Å². The van der Waals surface area contributed by atoms with Gasteiger partial charge >= 0.3 is 95.7 Å². The van der Waals surface area contributed by atoms with Crippen LogP contribution in [0.5, 0.6) is 0 Å². The van der Waals surface area contributed by atoms with Gasteiger partial charge in [0, 0.05) is 0 Å². The van der Waals surface area contributed by atoms with Crippen LogP contribution in [0.25, 0.3) is 5.69 Å². The van der Waals surface area contributed by atoms with Gasteiger partial charge in [0.25, 0.3) is 0 Å². The molecule has 2 aromatic rings. The number of hydrogen-bond acceptors (Lipinski definition) is 1. The van der Waals surface area contributed by atoms with Gasteiger partial charge in [-0.1, -0.05) is 0 Å². The molecule has 1 aromatic heterocycles. The Morgan fingerprint density at radius 3 is 1.93 bits per heavy atom. The second-order valence-electron chi connectivity index (χ2n) is 3.56. The van der Waals surface area contributed by atoms with Crippen LogP contribution in [0.2, 0.25) is 0 Å². The number of benzene rings is 1. The zero-order valence-corrected chi connectivity index (χ0v) is 10.6. The van der Waals surface area contributed by atoms with Crippen LogP contribution in [0, 0.1) is 13.8 Å². The summed E-state index contributed by atoms with van der Waals surface area (Å²) in [5.74, 6) is 0. The topological polar surface area (TPSA) is 22.0 Å². The summed E-state index contributed by atoms with van der Waals surface area (Å²) in [4.78, 5) is 0. The number of nitrogens with zero attached hydrogens (tertiary/aromatic N) is 1. The zero-order chi connectivity index (χ0) is 10.8. The molecule has 0 amide bonds. The van der Waals surface area contributed by atoms with E-state index in [9.17, 15) is 3.74 Å². The van der Waals surface area contributed by atoms with Crippen molar-refractivity contribution in [3.8, 4) is 5.69 Å². The van der Waals surface area contributed by atoms with Crippen molar-refractivity contribution >= 4 is 20.0 Å². The molecule has 2 nitrogen and oxygen atoms in total. The molecule has 0 unspecified atom stereocenters. The quantitative estimate of drug-likeness (QED) is 0.755. The third-order valence-electron chi connectivity index (χ3n) is 2.48. The van der Waals surface area contributed by atoms with E-state index in [1.807, 2.05) is 24.3 Å². The number of aryl methyl sites for hydroxylation is 2. The molecule has 0 aliphatic carbocycles. The van der Waals surface area contributed by atoms with Crippen molar-refractivity contribution in [3.63, 3.8) is 0 Å². The molecule has 3 heteroatoms. The molecule has 0 bridgehead atoms. The van der Waals surface area contributed by atoms with E-state index >= 15 is 0 Å². The Kier molecular flexibility index (Phi) is 2.88. The fourth-order valence-corrected chi connectivity index (χ4v) is 2.31. The third kappa shape index (κ3) is 1.95. The summed E-state index contributed by atoms with van der Waals surface area (Å²) in [6.45, 7) is 4.17. The van der Waals surface area contributed by atoms with Crippen molar-refractivity contribution in [2.75, 3.05) is 0 Å². The molecule has 0 radical (unpaired) electrons. The van der Waals surface area contributed by atoms with Crippen molar-refractivity contribution in [2.45, 2.75) is 13.8 Å². The molecule has 15 heavy (non-hydrogen) atoms. The fraction of sp³-hybridized carbons (Fsp3) is 0.167. The molecular formula is C12H12AsNO. The molecule has 2 rings (SSSR count). The molecule has 0 aliphatic heterocycles. The van der Waals surface area contributed by atoms with E-state index in [1.165, 1.54) is 11.4 Å². The van der Waals surface area contributed by atoms with E-state index in [0.29, 0.717) is 0 Å². The molecule has 0 saturated carbocycles. The van der Waals surface area contributed by atoms with Gasteiger partial charge in [-0.05, 0) is 0 Å². The van der Waals surface area contributed by atoms with Gasteiger partial charge < -0.3 is 0 Å². The zero-order valence-electron chi connectivity index (χ0n) is 8.77. The van der Waals surface area contributed by atoms with E-state index < -0.39 is 15.7 Å². The Balaban J connectivity index is 2.50. The maximum atomic E-state index is 10.8. The van der Waals surface area contributed by atoms with E-state index in [1.54, 1.807) is 0 Å². The first kappa shape index (κ1) is 10.4. The first-order chi connectivity index (χ1) is 7.22. The van der Waals surface area contributed by atoms with Crippen molar-refractivity contribution in [1.82, 2.24) is 4.57 Å². The van der Waals surface area contributed by atoms with Gasteiger partial charge in [0.1, 0.15) is 0 Å². The van der Waals surface area contributed by atoms with E-state index in [4.69, 9.17) is 0 Å². The monoisotopic (exact) mass is 261 g/mol. The Morgan fingerprint density at radius 2 is 1.47 bits per heavy atom. The first-order valence-electron chi connectivity index (χ1n) is 4.81. The Labute approximate surface area is 95.8 Å². The van der Waals surface area contributed by atoms with Gasteiger partial charge in [-0.3, -0.25) is 0 Å². The van der Waals surface area contributed by atoms with E-state index in [2.05, 4.69) is 30.5 Å². The maximum absolute atomic E-state index is 10.8. The van der Waals surface area contributed by atoms with Crippen molar-refractivity contribution in [1.29, 1.82) is 0 Å². The van der Waals surface area contributed by atoms with Crippen LogP contribution in [0.4, 0.5) is 0 Å². The normalized spacial score (nSPS) is 10.8. The van der Waals surface area contributed by atoms with Crippen LogP contribution in [-0.2, 0) is 3.74 Å². The molecule has 0 spiro atoms. The minimum atomic E-state index is -0.906. The standard InChI is InChI=1S/C12H12AsNO/c1-9-3-4-10(2)14(9)12-7-5-11(13-15)6-8-12/h3-8H,1-2H3. The third-order valence-corrected chi connectivity index (χ3v) is 3.55. The average Bonchev–Trinajstić information content (AvgIpc) is 2.59. The van der Waals surface area contributed by atoms with Gasteiger partial charge in [-0.2, -0.15) is 0 Å². The van der Waals surface area contributed by atoms with Crippen molar-refractivity contribution < 1.29 is 3.74 Å². The summed E-state index contributed by atoms with van der Waals surface area (Å²) in [7, 11) is 0. The summed E-state index contributed by atoms with van der Waals surface area (Å²) >= 11 is -0.906. The van der Waals surface area contributed by atoms with Crippen molar-refractivity contribution in [3.05, 3.63) is 47.8 Å². The molecule has 0 aliphatic rings. The summed E-state index contributed by atoms with van der Waals surface area (Å²) in [5, 5.41) is 0. The van der Waals surface area contributed by atoms with Crippen LogP contribution in [0.1, 0.15) is 11.4 Å². The fourth-order valence-electron chi connectivity index (χ4n) is 1.74. The molecule has 1 heterocycles. The van der Waals surface area contributed by atoms with Gasteiger partial charge in [0.05, 0.1) is 0 Å². The van der Waals surface area contributed by atoms with Gasteiger partial charge in [-0.15, -0.1) is 0 Å².